The number of benzene rings is 2. The lowest BCUT2D eigenvalue weighted by Crippen LogP contribution is -2.34. The average Bonchev–Trinajstić information content (AvgIpc) is 3.22. The molecule has 3 N–H and O–H groups in total. The molecule has 1 fully saturated rings. The minimum Gasteiger partial charge on any atom is -0.493 e. The molecule has 6 nitrogen and oxygen atoms in total. The molecule has 6 heteroatoms. The highest BCUT2D eigenvalue weighted by atomic mass is 16.5. The predicted octanol–water partition coefficient (Wildman–Crippen LogP) is 2.68. The van der Waals surface area contributed by atoms with E-state index in [4.69, 9.17) is 15.2 Å². The number of methoxy groups -OCH3 is 2. The summed E-state index contributed by atoms with van der Waals surface area (Å²) in [6.07, 6.45) is 1.99. The van der Waals surface area contributed by atoms with Crippen LogP contribution in [0.25, 0.3) is 0 Å². The molecule has 2 aromatic carbocycles. The molecule has 3 rings (SSSR count). The van der Waals surface area contributed by atoms with E-state index in [0.717, 1.165) is 56.1 Å². The number of hydrogen-bond donors (Lipinski definition) is 2. The third-order valence-corrected chi connectivity index (χ3v) is 5.09. The highest BCUT2D eigenvalue weighted by Crippen LogP contribution is 2.27. The van der Waals surface area contributed by atoms with Gasteiger partial charge in [-0.1, -0.05) is 24.3 Å². The Kier molecular flexibility index (Phi) is 7.00. The van der Waals surface area contributed by atoms with Crippen LogP contribution in [-0.2, 0) is 6.42 Å². The van der Waals surface area contributed by atoms with E-state index in [2.05, 4.69) is 45.5 Å². The molecule has 150 valence electrons. The first kappa shape index (κ1) is 19.9. The van der Waals surface area contributed by atoms with Crippen LogP contribution in [0.5, 0.6) is 11.5 Å². The van der Waals surface area contributed by atoms with Crippen molar-refractivity contribution < 1.29 is 9.47 Å². The van der Waals surface area contributed by atoms with Crippen molar-refractivity contribution in [2.75, 3.05) is 45.3 Å². The fourth-order valence-electron chi connectivity index (χ4n) is 3.51. The summed E-state index contributed by atoms with van der Waals surface area (Å²) in [6, 6.07) is 16.5. The number of nitrogens with two attached hydrogens (primary N) is 1. The lowest BCUT2D eigenvalue weighted by molar-refractivity contribution is 0.354. The Morgan fingerprint density at radius 2 is 1.93 bits per heavy atom. The van der Waals surface area contributed by atoms with Crippen LogP contribution >= 0.6 is 0 Å². The number of rotatable bonds is 8. The molecular weight excluding hydrogens is 352 g/mol. The molecule has 0 aliphatic carbocycles. The van der Waals surface area contributed by atoms with Gasteiger partial charge in [0, 0.05) is 31.9 Å². The third kappa shape index (κ3) is 5.31. The lowest BCUT2D eigenvalue weighted by Gasteiger charge is -2.18. The monoisotopic (exact) mass is 382 g/mol. The summed E-state index contributed by atoms with van der Waals surface area (Å²) in [5.74, 6) is 2.54. The van der Waals surface area contributed by atoms with Gasteiger partial charge in [0.15, 0.2) is 17.5 Å². The van der Waals surface area contributed by atoms with Crippen molar-refractivity contribution in [2.45, 2.75) is 12.8 Å². The average molecular weight is 383 g/mol. The Labute approximate surface area is 167 Å². The Balaban J connectivity index is 1.42. The Morgan fingerprint density at radius 1 is 1.14 bits per heavy atom. The SMILES string of the molecule is COc1ccc(CCNC(N)=NCC2CCN(c3ccccc3)C2)cc1OC. The Morgan fingerprint density at radius 3 is 2.68 bits per heavy atom. The van der Waals surface area contributed by atoms with E-state index in [1.807, 2.05) is 18.2 Å². The van der Waals surface area contributed by atoms with Crippen molar-refractivity contribution in [1.29, 1.82) is 0 Å². The van der Waals surface area contributed by atoms with Crippen molar-refractivity contribution in [3.63, 3.8) is 0 Å². The molecule has 0 spiro atoms. The molecule has 1 aliphatic heterocycles. The molecule has 1 aliphatic rings. The van der Waals surface area contributed by atoms with Gasteiger partial charge in [-0.3, -0.25) is 4.99 Å². The summed E-state index contributed by atoms with van der Waals surface area (Å²) in [5, 5.41) is 3.21. The smallest absolute Gasteiger partial charge is 0.188 e. The van der Waals surface area contributed by atoms with Crippen molar-refractivity contribution in [3.05, 3.63) is 54.1 Å². The quantitative estimate of drug-likeness (QED) is 0.543. The zero-order valence-electron chi connectivity index (χ0n) is 16.7. The summed E-state index contributed by atoms with van der Waals surface area (Å²) in [4.78, 5) is 6.96. The summed E-state index contributed by atoms with van der Waals surface area (Å²) in [5.41, 5.74) is 8.49. The first-order valence-corrected chi connectivity index (χ1v) is 9.74. The van der Waals surface area contributed by atoms with Gasteiger partial charge in [0.25, 0.3) is 0 Å². The largest absolute Gasteiger partial charge is 0.493 e. The van der Waals surface area contributed by atoms with Gasteiger partial charge in [-0.05, 0) is 48.6 Å². The van der Waals surface area contributed by atoms with E-state index < -0.39 is 0 Å². The molecule has 0 bridgehead atoms. The molecule has 1 heterocycles. The van der Waals surface area contributed by atoms with E-state index in [1.165, 1.54) is 5.69 Å². The number of nitrogens with one attached hydrogen (secondary N) is 1. The molecule has 0 saturated carbocycles. The highest BCUT2D eigenvalue weighted by Gasteiger charge is 2.22. The van der Waals surface area contributed by atoms with E-state index in [0.29, 0.717) is 11.9 Å². The van der Waals surface area contributed by atoms with Gasteiger partial charge in [-0.15, -0.1) is 0 Å². The second-order valence-corrected chi connectivity index (χ2v) is 7.03. The van der Waals surface area contributed by atoms with Crippen LogP contribution in [0.4, 0.5) is 5.69 Å². The number of nitrogens with zero attached hydrogens (tertiary/aromatic N) is 2. The molecule has 1 unspecified atom stereocenters. The van der Waals surface area contributed by atoms with Crippen LogP contribution < -0.4 is 25.4 Å². The molecule has 1 saturated heterocycles. The maximum absolute atomic E-state index is 6.04. The lowest BCUT2D eigenvalue weighted by atomic mass is 10.1. The molecular formula is C22H30N4O2. The van der Waals surface area contributed by atoms with Crippen LogP contribution in [0.1, 0.15) is 12.0 Å². The van der Waals surface area contributed by atoms with Crippen molar-refractivity contribution >= 4 is 11.6 Å². The number of aliphatic imine (C=N–C) groups is 1. The summed E-state index contributed by atoms with van der Waals surface area (Å²) < 4.78 is 10.6. The minimum atomic E-state index is 0.513. The summed E-state index contributed by atoms with van der Waals surface area (Å²) in [6.45, 7) is 3.60. The predicted molar refractivity (Wildman–Crippen MR) is 115 cm³/mol. The van der Waals surface area contributed by atoms with Crippen LogP contribution in [0.15, 0.2) is 53.5 Å². The van der Waals surface area contributed by atoms with Gasteiger partial charge in [0.2, 0.25) is 0 Å². The van der Waals surface area contributed by atoms with Crippen molar-refractivity contribution in [2.24, 2.45) is 16.6 Å². The van der Waals surface area contributed by atoms with E-state index in [1.54, 1.807) is 14.2 Å². The fraction of sp³-hybridized carbons (Fsp3) is 0.409. The Bertz CT molecular complexity index is 779. The van der Waals surface area contributed by atoms with Crippen molar-refractivity contribution in [3.8, 4) is 11.5 Å². The van der Waals surface area contributed by atoms with Gasteiger partial charge in [-0.25, -0.2) is 0 Å². The topological polar surface area (TPSA) is 72.1 Å². The number of ether oxygens (including phenoxy) is 2. The maximum Gasteiger partial charge on any atom is 0.188 e. The summed E-state index contributed by atoms with van der Waals surface area (Å²) in [7, 11) is 3.28. The van der Waals surface area contributed by atoms with Gasteiger partial charge in [-0.2, -0.15) is 0 Å². The number of anilines is 1. The van der Waals surface area contributed by atoms with Gasteiger partial charge in [0.1, 0.15) is 0 Å². The number of guanidine groups is 1. The summed E-state index contributed by atoms with van der Waals surface area (Å²) >= 11 is 0. The second-order valence-electron chi connectivity index (χ2n) is 7.03. The standard InChI is InChI=1S/C22H30N4O2/c1-27-20-9-8-17(14-21(20)28-2)10-12-24-22(23)25-15-18-11-13-26(16-18)19-6-4-3-5-7-19/h3-9,14,18H,10-13,15-16H2,1-2H3,(H3,23,24,25). The highest BCUT2D eigenvalue weighted by molar-refractivity contribution is 5.77. The van der Waals surface area contributed by atoms with Crippen LogP contribution in [0, 0.1) is 5.92 Å². The molecule has 0 aromatic heterocycles. The fourth-order valence-corrected chi connectivity index (χ4v) is 3.51. The maximum atomic E-state index is 6.04. The molecule has 28 heavy (non-hydrogen) atoms. The van der Waals surface area contributed by atoms with E-state index in [9.17, 15) is 0 Å². The van der Waals surface area contributed by atoms with E-state index in [-0.39, 0.29) is 0 Å². The molecule has 2 aromatic rings. The van der Waals surface area contributed by atoms with Gasteiger partial charge in [0.05, 0.1) is 14.2 Å². The third-order valence-electron chi connectivity index (χ3n) is 5.09. The van der Waals surface area contributed by atoms with Gasteiger partial charge < -0.3 is 25.4 Å². The van der Waals surface area contributed by atoms with Gasteiger partial charge >= 0.3 is 0 Å². The van der Waals surface area contributed by atoms with Crippen LogP contribution in [0.3, 0.4) is 0 Å². The molecule has 1 atom stereocenters. The van der Waals surface area contributed by atoms with Crippen LogP contribution in [-0.4, -0.2) is 46.4 Å². The first-order valence-electron chi connectivity index (χ1n) is 9.74. The number of para-hydroxylation sites is 1. The van der Waals surface area contributed by atoms with E-state index >= 15 is 0 Å². The Hall–Kier alpha value is -2.89. The minimum absolute atomic E-state index is 0.513. The normalized spacial score (nSPS) is 16.9. The zero-order chi connectivity index (χ0) is 19.8. The molecule has 0 radical (unpaired) electrons. The molecule has 0 amide bonds. The van der Waals surface area contributed by atoms with Crippen molar-refractivity contribution in [1.82, 2.24) is 5.32 Å². The second kappa shape index (κ2) is 9.88. The van der Waals surface area contributed by atoms with Crippen LogP contribution in [0.2, 0.25) is 0 Å². The first-order chi connectivity index (χ1) is 13.7. The number of hydrogen-bond acceptors (Lipinski definition) is 4. The zero-order valence-corrected chi connectivity index (χ0v) is 16.7.